The van der Waals surface area contributed by atoms with E-state index in [0.29, 0.717) is 5.04 Å². The van der Waals surface area contributed by atoms with Gasteiger partial charge in [0.25, 0.3) is 0 Å². The van der Waals surface area contributed by atoms with E-state index in [9.17, 15) is 4.79 Å². The molecule has 1 fully saturated rings. The third kappa shape index (κ3) is 2.19. The van der Waals surface area contributed by atoms with Crippen molar-refractivity contribution in [3.05, 3.63) is 0 Å². The molecule has 15 heavy (non-hydrogen) atoms. The normalized spacial score (nSPS) is 34.1. The first-order chi connectivity index (χ1) is 7.22. The van der Waals surface area contributed by atoms with Crippen LogP contribution in [0.3, 0.4) is 0 Å². The zero-order valence-corrected chi connectivity index (χ0v) is 9.72. The highest BCUT2D eigenvalue weighted by atomic mass is 35.5. The molecular weight excluding hydrogens is 232 g/mol. The first-order valence-electron chi connectivity index (χ1n) is 5.01. The lowest BCUT2D eigenvalue weighted by atomic mass is 9.95. The van der Waals surface area contributed by atoms with Crippen molar-refractivity contribution in [1.82, 2.24) is 0 Å². The van der Waals surface area contributed by atoms with Crippen molar-refractivity contribution in [3.63, 3.8) is 0 Å². The fourth-order valence-corrected chi connectivity index (χ4v) is 3.75. The second-order valence-corrected chi connectivity index (χ2v) is 5.52. The van der Waals surface area contributed by atoms with Gasteiger partial charge in [0.15, 0.2) is 0 Å². The summed E-state index contributed by atoms with van der Waals surface area (Å²) >= 11 is 7.66. The van der Waals surface area contributed by atoms with Crippen molar-refractivity contribution in [1.29, 1.82) is 5.26 Å². The molecule has 0 aromatic carbocycles. The van der Waals surface area contributed by atoms with Gasteiger partial charge in [-0.3, -0.25) is 9.79 Å². The summed E-state index contributed by atoms with van der Waals surface area (Å²) in [6.45, 7) is 0. The van der Waals surface area contributed by atoms with Crippen molar-refractivity contribution >= 4 is 34.2 Å². The van der Waals surface area contributed by atoms with Crippen LogP contribution in [0.25, 0.3) is 0 Å². The van der Waals surface area contributed by atoms with E-state index in [1.807, 2.05) is 6.07 Å². The number of fused-ring (bicyclic) bond motifs is 1. The number of alkyl halides is 1. The Morgan fingerprint density at radius 3 is 3.13 bits per heavy atom. The smallest absolute Gasteiger partial charge is 0.201 e. The van der Waals surface area contributed by atoms with Gasteiger partial charge in [-0.2, -0.15) is 5.26 Å². The van der Waals surface area contributed by atoms with Crippen LogP contribution in [-0.4, -0.2) is 27.5 Å². The van der Waals surface area contributed by atoms with E-state index in [2.05, 4.69) is 4.99 Å². The van der Waals surface area contributed by atoms with Crippen molar-refractivity contribution in [3.8, 4) is 6.07 Å². The predicted octanol–water partition coefficient (Wildman–Crippen LogP) is 2.14. The van der Waals surface area contributed by atoms with Gasteiger partial charge in [0.1, 0.15) is 11.5 Å². The van der Waals surface area contributed by atoms with Gasteiger partial charge in [0, 0.05) is 10.6 Å². The molecule has 1 saturated carbocycles. The minimum Gasteiger partial charge on any atom is -0.291 e. The fraction of sp³-hybridized carbons (Fsp3) is 0.700. The highest BCUT2D eigenvalue weighted by Gasteiger charge is 2.39. The van der Waals surface area contributed by atoms with Crippen LogP contribution in [0.15, 0.2) is 4.99 Å². The van der Waals surface area contributed by atoms with Crippen LogP contribution in [0.1, 0.15) is 25.7 Å². The van der Waals surface area contributed by atoms with Crippen LogP contribution in [0.4, 0.5) is 0 Å². The summed E-state index contributed by atoms with van der Waals surface area (Å²) in [5.74, 6) is -0.152. The van der Waals surface area contributed by atoms with Crippen LogP contribution < -0.4 is 0 Å². The number of carbonyl (C=O) groups is 1. The zero-order valence-electron chi connectivity index (χ0n) is 8.15. The van der Waals surface area contributed by atoms with Crippen molar-refractivity contribution in [2.24, 2.45) is 4.99 Å². The lowest BCUT2D eigenvalue weighted by Crippen LogP contribution is -2.31. The Bertz CT molecular complexity index is 350. The summed E-state index contributed by atoms with van der Waals surface area (Å²) in [6, 6.07) is 2.06. The van der Waals surface area contributed by atoms with E-state index in [0.717, 1.165) is 19.3 Å². The molecule has 5 heteroatoms. The number of thioether (sulfide) groups is 1. The second-order valence-electron chi connectivity index (χ2n) is 3.79. The molecule has 3 unspecified atom stereocenters. The largest absolute Gasteiger partial charge is 0.291 e. The number of aliphatic imine (C=N–C) groups is 1. The summed E-state index contributed by atoms with van der Waals surface area (Å²) in [5.41, 5.74) is 0. The van der Waals surface area contributed by atoms with Gasteiger partial charge in [-0.15, -0.1) is 11.6 Å². The monoisotopic (exact) mass is 242 g/mol. The predicted molar refractivity (Wildman–Crippen MR) is 61.3 cm³/mol. The molecule has 0 radical (unpaired) electrons. The van der Waals surface area contributed by atoms with E-state index >= 15 is 0 Å². The maximum atomic E-state index is 11.5. The van der Waals surface area contributed by atoms with Crippen LogP contribution in [0.5, 0.6) is 0 Å². The number of nitriles is 1. The molecule has 0 bridgehead atoms. The number of halogens is 1. The zero-order chi connectivity index (χ0) is 10.8. The third-order valence-corrected chi connectivity index (χ3v) is 4.83. The van der Waals surface area contributed by atoms with Gasteiger partial charge < -0.3 is 0 Å². The van der Waals surface area contributed by atoms with E-state index in [1.165, 1.54) is 11.8 Å². The summed E-state index contributed by atoms with van der Waals surface area (Å²) in [6.07, 6.45) is 3.03. The number of hydrogen-bond donors (Lipinski definition) is 0. The van der Waals surface area contributed by atoms with Crippen LogP contribution >= 0.6 is 23.4 Å². The molecule has 0 saturated heterocycles. The van der Waals surface area contributed by atoms with Gasteiger partial charge >= 0.3 is 0 Å². The minimum atomic E-state index is -0.152. The molecule has 2 aliphatic rings. The Morgan fingerprint density at radius 1 is 1.67 bits per heavy atom. The van der Waals surface area contributed by atoms with Gasteiger partial charge in [-0.25, -0.2) is 0 Å². The van der Waals surface area contributed by atoms with E-state index in [-0.39, 0.29) is 28.9 Å². The molecule has 2 rings (SSSR count). The van der Waals surface area contributed by atoms with Crippen LogP contribution in [0, 0.1) is 11.3 Å². The molecule has 1 aliphatic heterocycles. The number of carbonyl (C=O) groups excluding carboxylic acids is 1. The SMILES string of the molecule is N#CCC(=O)C1=NC2CCCC(Cl)C2S1. The lowest BCUT2D eigenvalue weighted by Gasteiger charge is -2.27. The van der Waals surface area contributed by atoms with Crippen LogP contribution in [0.2, 0.25) is 0 Å². The summed E-state index contributed by atoms with van der Waals surface area (Å²) < 4.78 is 0. The molecule has 1 aliphatic carbocycles. The quantitative estimate of drug-likeness (QED) is 0.698. The Balaban J connectivity index is 2.06. The summed E-state index contributed by atoms with van der Waals surface area (Å²) in [7, 11) is 0. The number of nitrogens with zero attached hydrogens (tertiary/aromatic N) is 2. The molecule has 3 atom stereocenters. The number of Topliss-reactive ketones (excluding diaryl/α,β-unsaturated/α-hetero) is 1. The molecule has 0 aromatic heterocycles. The molecule has 3 nitrogen and oxygen atoms in total. The second kappa shape index (κ2) is 4.54. The van der Waals surface area contributed by atoms with Gasteiger partial charge in [0.2, 0.25) is 5.78 Å². The molecule has 0 N–H and O–H groups in total. The maximum Gasteiger partial charge on any atom is 0.201 e. The van der Waals surface area contributed by atoms with Crippen molar-refractivity contribution < 1.29 is 4.79 Å². The minimum absolute atomic E-state index is 0.0712. The molecule has 0 aromatic rings. The topological polar surface area (TPSA) is 53.2 Å². The standard InChI is InChI=1S/C10H11ClN2OS/c11-6-2-1-3-7-9(6)15-10(13-7)8(14)4-5-12/h6-7,9H,1-4H2. The van der Waals surface area contributed by atoms with E-state index in [1.54, 1.807) is 0 Å². The molecular formula is C10H11ClN2OS. The number of ketones is 1. The number of rotatable bonds is 2. The summed E-state index contributed by atoms with van der Waals surface area (Å²) in [4.78, 5) is 15.9. The maximum absolute atomic E-state index is 11.5. The van der Waals surface area contributed by atoms with Gasteiger partial charge in [-0.05, 0) is 19.3 Å². The average molecular weight is 243 g/mol. The highest BCUT2D eigenvalue weighted by molar-refractivity contribution is 8.16. The van der Waals surface area contributed by atoms with Gasteiger partial charge in [0.05, 0.1) is 12.1 Å². The first-order valence-corrected chi connectivity index (χ1v) is 6.32. The van der Waals surface area contributed by atoms with E-state index < -0.39 is 0 Å². The Kier molecular flexibility index (Phi) is 3.32. The van der Waals surface area contributed by atoms with Crippen molar-refractivity contribution in [2.45, 2.75) is 42.4 Å². The molecule has 80 valence electrons. The average Bonchev–Trinajstić information content (AvgIpc) is 2.63. The molecule has 0 spiro atoms. The summed E-state index contributed by atoms with van der Waals surface area (Å²) in [5, 5.41) is 9.32. The Hall–Kier alpha value is -0.530. The van der Waals surface area contributed by atoms with Crippen molar-refractivity contribution in [2.75, 3.05) is 0 Å². The van der Waals surface area contributed by atoms with Crippen LogP contribution in [-0.2, 0) is 4.79 Å². The first kappa shape index (κ1) is 11.0. The third-order valence-electron chi connectivity index (χ3n) is 2.72. The van der Waals surface area contributed by atoms with E-state index in [4.69, 9.17) is 16.9 Å². The molecule has 1 heterocycles. The lowest BCUT2D eigenvalue weighted by molar-refractivity contribution is -0.111. The Morgan fingerprint density at radius 2 is 2.47 bits per heavy atom. The fourth-order valence-electron chi connectivity index (χ4n) is 1.98. The van der Waals surface area contributed by atoms with Gasteiger partial charge in [-0.1, -0.05) is 11.8 Å². The Labute approximate surface area is 97.9 Å². The number of hydrogen-bond acceptors (Lipinski definition) is 4. The molecule has 0 amide bonds. The highest BCUT2D eigenvalue weighted by Crippen LogP contribution is 2.39.